The Labute approximate surface area is 150 Å². The molecule has 8 heteroatoms. The molecule has 134 valence electrons. The summed E-state index contributed by atoms with van der Waals surface area (Å²) < 4.78 is 35.1. The van der Waals surface area contributed by atoms with Crippen LogP contribution in [0.4, 0.5) is 5.69 Å². The van der Waals surface area contributed by atoms with Crippen molar-refractivity contribution in [2.45, 2.75) is 4.90 Å². The third-order valence-corrected chi connectivity index (χ3v) is 5.24. The lowest BCUT2D eigenvalue weighted by molar-refractivity contribution is -0.113. The fraction of sp³-hybridized carbons (Fsp3) is 0.111. The van der Waals surface area contributed by atoms with Gasteiger partial charge in [0.2, 0.25) is 5.91 Å². The van der Waals surface area contributed by atoms with Gasteiger partial charge in [0, 0.05) is 11.8 Å². The molecule has 1 amide bonds. The van der Waals surface area contributed by atoms with Crippen LogP contribution < -0.4 is 10.1 Å². The van der Waals surface area contributed by atoms with Crippen LogP contribution in [0.15, 0.2) is 70.4 Å². The van der Waals surface area contributed by atoms with E-state index in [-0.39, 0.29) is 4.90 Å². The van der Waals surface area contributed by atoms with E-state index in [1.54, 1.807) is 42.6 Å². The minimum Gasteiger partial charge on any atom is -0.496 e. The van der Waals surface area contributed by atoms with Crippen LogP contribution in [0.2, 0.25) is 0 Å². The molecule has 0 unspecified atom stereocenters. The number of hydrogen-bond acceptors (Lipinski definition) is 6. The fourth-order valence-electron chi connectivity index (χ4n) is 2.40. The summed E-state index contributed by atoms with van der Waals surface area (Å²) >= 11 is 0. The Kier molecular flexibility index (Phi) is 5.04. The zero-order valence-electron chi connectivity index (χ0n) is 13.9. The molecule has 0 radical (unpaired) electrons. The van der Waals surface area contributed by atoms with Crippen LogP contribution in [-0.4, -0.2) is 32.2 Å². The van der Waals surface area contributed by atoms with Crippen molar-refractivity contribution in [3.8, 4) is 17.1 Å². The second kappa shape index (κ2) is 7.40. The van der Waals surface area contributed by atoms with E-state index >= 15 is 0 Å². The molecule has 0 bridgehead atoms. The van der Waals surface area contributed by atoms with Crippen molar-refractivity contribution in [1.82, 2.24) is 4.98 Å². The van der Waals surface area contributed by atoms with E-state index in [9.17, 15) is 13.2 Å². The first-order valence-electron chi connectivity index (χ1n) is 7.64. The van der Waals surface area contributed by atoms with Crippen LogP contribution in [-0.2, 0) is 14.6 Å². The van der Waals surface area contributed by atoms with Gasteiger partial charge in [-0.1, -0.05) is 18.2 Å². The molecule has 3 rings (SSSR count). The summed E-state index contributed by atoms with van der Waals surface area (Å²) in [5.74, 6) is -0.302. The molecule has 0 fully saturated rings. The summed E-state index contributed by atoms with van der Waals surface area (Å²) in [6.07, 6.45) is 2.85. The summed E-state index contributed by atoms with van der Waals surface area (Å²) in [5, 5.41) is 2.57. The highest BCUT2D eigenvalue weighted by Crippen LogP contribution is 2.32. The average Bonchev–Trinajstić information content (AvgIpc) is 3.16. The molecule has 1 aromatic heterocycles. The largest absolute Gasteiger partial charge is 0.496 e. The molecule has 0 saturated heterocycles. The number of anilines is 1. The highest BCUT2D eigenvalue weighted by atomic mass is 32.2. The van der Waals surface area contributed by atoms with Gasteiger partial charge in [-0.2, -0.15) is 0 Å². The number of methoxy groups -OCH3 is 1. The molecule has 3 aromatic rings. The predicted molar refractivity (Wildman–Crippen MR) is 95.6 cm³/mol. The van der Waals surface area contributed by atoms with Crippen LogP contribution in [0.3, 0.4) is 0 Å². The van der Waals surface area contributed by atoms with Gasteiger partial charge >= 0.3 is 0 Å². The summed E-state index contributed by atoms with van der Waals surface area (Å²) in [7, 11) is -2.22. The Hall–Kier alpha value is -3.13. The topological polar surface area (TPSA) is 98.5 Å². The van der Waals surface area contributed by atoms with Gasteiger partial charge in [0.1, 0.15) is 11.5 Å². The Morgan fingerprint density at radius 1 is 1.19 bits per heavy atom. The third-order valence-electron chi connectivity index (χ3n) is 3.61. The number of aromatic nitrogens is 1. The molecular weight excluding hydrogens is 356 g/mol. The summed E-state index contributed by atoms with van der Waals surface area (Å²) in [4.78, 5) is 16.1. The monoisotopic (exact) mass is 372 g/mol. The minimum atomic E-state index is -3.71. The molecule has 7 nitrogen and oxygen atoms in total. The summed E-state index contributed by atoms with van der Waals surface area (Å²) in [6.45, 7) is 0. The van der Waals surface area contributed by atoms with Crippen LogP contribution in [0, 0.1) is 0 Å². The van der Waals surface area contributed by atoms with Gasteiger partial charge in [-0.25, -0.2) is 13.4 Å². The van der Waals surface area contributed by atoms with Crippen molar-refractivity contribution >= 4 is 21.4 Å². The Balaban J connectivity index is 1.76. The van der Waals surface area contributed by atoms with Gasteiger partial charge in [0.05, 0.1) is 23.8 Å². The van der Waals surface area contributed by atoms with Crippen LogP contribution in [0.5, 0.6) is 5.75 Å². The van der Waals surface area contributed by atoms with E-state index in [1.165, 1.54) is 25.6 Å². The Morgan fingerprint density at radius 2 is 1.96 bits per heavy atom. The van der Waals surface area contributed by atoms with Crippen molar-refractivity contribution < 1.29 is 22.4 Å². The molecule has 0 atom stereocenters. The van der Waals surface area contributed by atoms with Crippen LogP contribution >= 0.6 is 0 Å². The number of carbonyl (C=O) groups is 1. The summed E-state index contributed by atoms with van der Waals surface area (Å²) in [6, 6.07) is 12.8. The zero-order valence-corrected chi connectivity index (χ0v) is 14.7. The molecular formula is C18H16N2O5S. The van der Waals surface area contributed by atoms with Crippen molar-refractivity contribution in [1.29, 1.82) is 0 Å². The molecule has 2 aromatic carbocycles. The van der Waals surface area contributed by atoms with Crippen LogP contribution in [0.1, 0.15) is 0 Å². The molecule has 26 heavy (non-hydrogen) atoms. The first kappa shape index (κ1) is 17.7. The molecule has 1 N–H and O–H groups in total. The predicted octanol–water partition coefficient (Wildman–Crippen LogP) is 2.76. The molecule has 0 aliphatic heterocycles. The van der Waals surface area contributed by atoms with E-state index < -0.39 is 21.5 Å². The van der Waals surface area contributed by atoms with Gasteiger partial charge in [-0.05, 0) is 24.3 Å². The van der Waals surface area contributed by atoms with Gasteiger partial charge < -0.3 is 14.5 Å². The number of carbonyl (C=O) groups excluding carboxylic acids is 1. The molecule has 0 aliphatic carbocycles. The highest BCUT2D eigenvalue weighted by molar-refractivity contribution is 7.92. The molecule has 0 aliphatic rings. The highest BCUT2D eigenvalue weighted by Gasteiger charge is 2.19. The normalized spacial score (nSPS) is 11.1. The van der Waals surface area contributed by atoms with Crippen LogP contribution in [0.25, 0.3) is 11.3 Å². The lowest BCUT2D eigenvalue weighted by atomic mass is 10.1. The van der Waals surface area contributed by atoms with E-state index in [1.807, 2.05) is 0 Å². The number of ether oxygens (including phenoxy) is 1. The maximum atomic E-state index is 12.3. The first-order chi connectivity index (χ1) is 12.5. The second-order valence-corrected chi connectivity index (χ2v) is 7.39. The third kappa shape index (κ3) is 3.92. The SMILES string of the molecule is COc1cc(NC(=O)CS(=O)(=O)c2ccccc2)ccc1-c1cnco1. The number of nitrogens with one attached hydrogen (secondary N) is 1. The quantitative estimate of drug-likeness (QED) is 0.714. The van der Waals surface area contributed by atoms with Gasteiger partial charge in [-0.15, -0.1) is 0 Å². The molecule has 0 spiro atoms. The molecule has 0 saturated carbocycles. The number of hydrogen-bond donors (Lipinski definition) is 1. The van der Waals surface area contributed by atoms with Gasteiger partial charge in [0.25, 0.3) is 0 Å². The van der Waals surface area contributed by atoms with Gasteiger partial charge in [-0.3, -0.25) is 4.79 Å². The number of amides is 1. The number of nitrogens with zero attached hydrogens (tertiary/aromatic N) is 1. The second-order valence-electron chi connectivity index (χ2n) is 5.40. The Bertz CT molecular complexity index is 999. The zero-order chi connectivity index (χ0) is 18.6. The lowest BCUT2D eigenvalue weighted by Gasteiger charge is -2.10. The van der Waals surface area contributed by atoms with E-state index in [2.05, 4.69) is 10.3 Å². The van der Waals surface area contributed by atoms with Gasteiger partial charge in [0.15, 0.2) is 22.0 Å². The fourth-order valence-corrected chi connectivity index (χ4v) is 3.56. The van der Waals surface area contributed by atoms with Crippen molar-refractivity contribution in [2.24, 2.45) is 0 Å². The smallest absolute Gasteiger partial charge is 0.239 e. The van der Waals surface area contributed by atoms with E-state index in [0.717, 1.165) is 0 Å². The Morgan fingerprint density at radius 3 is 2.62 bits per heavy atom. The van der Waals surface area contributed by atoms with Crippen molar-refractivity contribution in [3.63, 3.8) is 0 Å². The van der Waals surface area contributed by atoms with Crippen molar-refractivity contribution in [2.75, 3.05) is 18.2 Å². The number of oxazole rings is 1. The average molecular weight is 372 g/mol. The van der Waals surface area contributed by atoms with E-state index in [4.69, 9.17) is 9.15 Å². The maximum Gasteiger partial charge on any atom is 0.239 e. The standard InChI is InChI=1S/C18H16N2O5S/c1-24-16-9-13(7-8-15(16)17-10-19-12-25-17)20-18(21)11-26(22,23)14-5-3-2-4-6-14/h2-10,12H,11H2,1H3,(H,20,21). The number of benzene rings is 2. The first-order valence-corrected chi connectivity index (χ1v) is 9.29. The van der Waals surface area contributed by atoms with Crippen molar-refractivity contribution in [3.05, 3.63) is 61.1 Å². The number of rotatable bonds is 6. The van der Waals surface area contributed by atoms with E-state index in [0.29, 0.717) is 22.8 Å². The summed E-state index contributed by atoms with van der Waals surface area (Å²) in [5.41, 5.74) is 1.08. The maximum absolute atomic E-state index is 12.3. The minimum absolute atomic E-state index is 0.105. The lowest BCUT2D eigenvalue weighted by Crippen LogP contribution is -2.23. The molecule has 1 heterocycles. The number of sulfone groups is 1.